The van der Waals surface area contributed by atoms with E-state index in [0.29, 0.717) is 36.9 Å². The third-order valence-corrected chi connectivity index (χ3v) is 7.61. The van der Waals surface area contributed by atoms with Crippen molar-refractivity contribution in [3.05, 3.63) is 108 Å². The number of carbonyl (C=O) groups excluding carboxylic acids is 1. The number of carbonyl (C=O) groups is 1. The summed E-state index contributed by atoms with van der Waals surface area (Å²) in [6, 6.07) is 18.4. The monoisotopic (exact) mass is 546 g/mol. The molecule has 0 saturated heterocycles. The number of thiazole rings is 1. The molecule has 0 spiro atoms. The molecule has 194 valence electrons. The van der Waals surface area contributed by atoms with Gasteiger partial charge in [0.1, 0.15) is 11.8 Å². The Balaban J connectivity index is 1.79. The van der Waals surface area contributed by atoms with Crippen molar-refractivity contribution in [1.29, 1.82) is 0 Å². The summed E-state index contributed by atoms with van der Waals surface area (Å²) >= 11 is 7.87. The number of ether oxygens (including phenoxy) is 2. The van der Waals surface area contributed by atoms with E-state index in [2.05, 4.69) is 4.99 Å². The SMILES string of the molecule is CCOC(=O)C1=C(C)N=c2s/c(=C\c3c(OC(C)C)ccc4ccccc34)c(=O)n2[C@@H]1c1ccccc1Cl. The summed E-state index contributed by atoms with van der Waals surface area (Å²) in [5, 5.41) is 2.46. The molecular formula is C30H27ClN2O4S. The van der Waals surface area contributed by atoms with E-state index in [1.54, 1.807) is 24.5 Å². The first-order valence-electron chi connectivity index (χ1n) is 12.4. The lowest BCUT2D eigenvalue weighted by Gasteiger charge is -2.25. The minimum Gasteiger partial charge on any atom is -0.490 e. The van der Waals surface area contributed by atoms with Crippen LogP contribution in [0.5, 0.6) is 5.75 Å². The molecule has 0 unspecified atom stereocenters. The van der Waals surface area contributed by atoms with Crippen LogP contribution in [0.25, 0.3) is 16.8 Å². The first kappa shape index (κ1) is 25.9. The van der Waals surface area contributed by atoms with Gasteiger partial charge >= 0.3 is 5.97 Å². The van der Waals surface area contributed by atoms with Gasteiger partial charge in [-0.15, -0.1) is 0 Å². The number of esters is 1. The zero-order valence-electron chi connectivity index (χ0n) is 21.5. The number of benzene rings is 3. The average Bonchev–Trinajstić information content (AvgIpc) is 3.19. The second kappa shape index (κ2) is 10.6. The van der Waals surface area contributed by atoms with E-state index in [-0.39, 0.29) is 18.3 Å². The van der Waals surface area contributed by atoms with Gasteiger partial charge in [-0.25, -0.2) is 9.79 Å². The van der Waals surface area contributed by atoms with E-state index in [0.717, 1.165) is 16.3 Å². The Bertz CT molecular complexity index is 1770. The summed E-state index contributed by atoms with van der Waals surface area (Å²) < 4.78 is 13.5. The van der Waals surface area contributed by atoms with Crippen LogP contribution in [0.1, 0.15) is 44.9 Å². The molecule has 0 bridgehead atoms. The van der Waals surface area contributed by atoms with Crippen molar-refractivity contribution in [3.63, 3.8) is 0 Å². The van der Waals surface area contributed by atoms with E-state index in [1.165, 1.54) is 11.3 Å². The molecule has 1 atom stereocenters. The number of hydrogen-bond acceptors (Lipinski definition) is 6. The third-order valence-electron chi connectivity index (χ3n) is 6.29. The summed E-state index contributed by atoms with van der Waals surface area (Å²) in [5.41, 5.74) is 1.98. The lowest BCUT2D eigenvalue weighted by molar-refractivity contribution is -0.139. The predicted octanol–water partition coefficient (Wildman–Crippen LogP) is 5.39. The highest BCUT2D eigenvalue weighted by Crippen LogP contribution is 2.35. The Morgan fingerprint density at radius 3 is 2.61 bits per heavy atom. The summed E-state index contributed by atoms with van der Waals surface area (Å²) in [6.07, 6.45) is 1.82. The maximum Gasteiger partial charge on any atom is 0.338 e. The summed E-state index contributed by atoms with van der Waals surface area (Å²) in [7, 11) is 0. The lowest BCUT2D eigenvalue weighted by Crippen LogP contribution is -2.40. The molecule has 0 amide bonds. The fourth-order valence-electron chi connectivity index (χ4n) is 4.69. The van der Waals surface area contributed by atoms with Gasteiger partial charge < -0.3 is 9.47 Å². The second-order valence-electron chi connectivity index (χ2n) is 9.19. The summed E-state index contributed by atoms with van der Waals surface area (Å²) in [6.45, 7) is 7.64. The standard InChI is InChI=1S/C30H27ClN2O4S/c1-5-36-29(35)26-18(4)32-30-33(27(26)21-12-8-9-13-23(21)31)28(34)25(38-30)16-22-20-11-7-6-10-19(20)14-15-24(22)37-17(2)3/h6-17,27H,5H2,1-4H3/b25-16-/t27-/m1/s1. The predicted molar refractivity (Wildman–Crippen MR) is 152 cm³/mol. The van der Waals surface area contributed by atoms with Crippen LogP contribution in [0.4, 0.5) is 0 Å². The topological polar surface area (TPSA) is 69.9 Å². The molecule has 1 aliphatic rings. The first-order chi connectivity index (χ1) is 18.3. The fraction of sp³-hybridized carbons (Fsp3) is 0.233. The molecule has 1 aromatic heterocycles. The Morgan fingerprint density at radius 1 is 1.13 bits per heavy atom. The van der Waals surface area contributed by atoms with E-state index in [4.69, 9.17) is 21.1 Å². The number of allylic oxidation sites excluding steroid dienone is 1. The van der Waals surface area contributed by atoms with E-state index in [1.807, 2.05) is 74.5 Å². The number of hydrogen-bond donors (Lipinski definition) is 0. The van der Waals surface area contributed by atoms with Crippen LogP contribution in [0, 0.1) is 0 Å². The van der Waals surface area contributed by atoms with Crippen molar-refractivity contribution in [1.82, 2.24) is 4.57 Å². The molecule has 0 N–H and O–H groups in total. The molecule has 0 radical (unpaired) electrons. The third kappa shape index (κ3) is 4.68. The number of nitrogens with zero attached hydrogens (tertiary/aromatic N) is 2. The van der Waals surface area contributed by atoms with Gasteiger partial charge in [0.05, 0.1) is 28.5 Å². The van der Waals surface area contributed by atoms with Crippen LogP contribution in [0.2, 0.25) is 5.02 Å². The quantitative estimate of drug-likeness (QED) is 0.304. The molecule has 2 heterocycles. The molecule has 8 heteroatoms. The van der Waals surface area contributed by atoms with Gasteiger partial charge in [-0.2, -0.15) is 0 Å². The summed E-state index contributed by atoms with van der Waals surface area (Å²) in [5.74, 6) is 0.171. The van der Waals surface area contributed by atoms with Crippen molar-refractivity contribution in [3.8, 4) is 5.75 Å². The molecule has 3 aromatic carbocycles. The Labute approximate surface area is 229 Å². The van der Waals surface area contributed by atoms with Crippen LogP contribution >= 0.6 is 22.9 Å². The van der Waals surface area contributed by atoms with Gasteiger partial charge in [0.2, 0.25) is 0 Å². The van der Waals surface area contributed by atoms with Crippen molar-refractivity contribution in [2.75, 3.05) is 6.61 Å². The first-order valence-corrected chi connectivity index (χ1v) is 13.6. The molecule has 0 aliphatic carbocycles. The summed E-state index contributed by atoms with van der Waals surface area (Å²) in [4.78, 5) is 32.3. The fourth-order valence-corrected chi connectivity index (χ4v) is 5.96. The number of halogens is 1. The molecule has 5 rings (SSSR count). The lowest BCUT2D eigenvalue weighted by atomic mass is 9.96. The van der Waals surface area contributed by atoms with Crippen molar-refractivity contribution in [2.45, 2.75) is 39.8 Å². The molecule has 6 nitrogen and oxygen atoms in total. The highest BCUT2D eigenvalue weighted by atomic mass is 35.5. The number of rotatable bonds is 6. The second-order valence-corrected chi connectivity index (χ2v) is 10.6. The highest BCUT2D eigenvalue weighted by molar-refractivity contribution is 7.07. The molecule has 38 heavy (non-hydrogen) atoms. The van der Waals surface area contributed by atoms with Gasteiger partial charge in [-0.1, -0.05) is 71.5 Å². The minimum atomic E-state index is -0.764. The molecule has 1 aliphatic heterocycles. The van der Waals surface area contributed by atoms with Crippen molar-refractivity contribution < 1.29 is 14.3 Å². The Kier molecular flexibility index (Phi) is 7.23. The molecular weight excluding hydrogens is 520 g/mol. The highest BCUT2D eigenvalue weighted by Gasteiger charge is 2.34. The minimum absolute atomic E-state index is 0.0421. The van der Waals surface area contributed by atoms with Gasteiger partial charge in [-0.3, -0.25) is 9.36 Å². The van der Waals surface area contributed by atoms with Crippen molar-refractivity contribution >= 4 is 45.8 Å². The van der Waals surface area contributed by atoms with E-state index >= 15 is 0 Å². The Morgan fingerprint density at radius 2 is 1.87 bits per heavy atom. The van der Waals surface area contributed by atoms with Crippen molar-refractivity contribution in [2.24, 2.45) is 4.99 Å². The maximum atomic E-state index is 14.0. The number of aromatic nitrogens is 1. The van der Waals surface area contributed by atoms with E-state index in [9.17, 15) is 9.59 Å². The molecule has 4 aromatic rings. The van der Waals surface area contributed by atoms with Crippen LogP contribution < -0.4 is 19.6 Å². The number of fused-ring (bicyclic) bond motifs is 2. The normalized spacial score (nSPS) is 15.5. The van der Waals surface area contributed by atoms with Crippen LogP contribution in [-0.4, -0.2) is 23.2 Å². The van der Waals surface area contributed by atoms with Gasteiger partial charge in [0, 0.05) is 10.6 Å². The molecule has 0 saturated carbocycles. The Hall–Kier alpha value is -3.68. The van der Waals surface area contributed by atoms with Gasteiger partial charge in [-0.05, 0) is 62.2 Å². The van der Waals surface area contributed by atoms with Crippen LogP contribution in [-0.2, 0) is 9.53 Å². The zero-order chi connectivity index (χ0) is 27.0. The van der Waals surface area contributed by atoms with Crippen LogP contribution in [0.3, 0.4) is 0 Å². The van der Waals surface area contributed by atoms with Gasteiger partial charge in [0.25, 0.3) is 5.56 Å². The zero-order valence-corrected chi connectivity index (χ0v) is 23.1. The molecule has 0 fully saturated rings. The van der Waals surface area contributed by atoms with Gasteiger partial charge in [0.15, 0.2) is 4.80 Å². The van der Waals surface area contributed by atoms with Crippen LogP contribution in [0.15, 0.2) is 81.7 Å². The average molecular weight is 547 g/mol. The largest absolute Gasteiger partial charge is 0.490 e. The smallest absolute Gasteiger partial charge is 0.338 e. The maximum absolute atomic E-state index is 14.0. The van der Waals surface area contributed by atoms with E-state index < -0.39 is 12.0 Å².